The Morgan fingerprint density at radius 3 is 2.73 bits per heavy atom. The molecular formula is C17H27N3O2. The lowest BCUT2D eigenvalue weighted by Gasteiger charge is -2.30. The minimum absolute atomic E-state index is 0.102. The Labute approximate surface area is 133 Å². The van der Waals surface area contributed by atoms with Gasteiger partial charge < -0.3 is 20.3 Å². The standard InChI is InChI=1S/C17H27N3O2/c1-14(2)13-19-17(21)7-8-18-15-5-3-4-6-16(15)20-9-11-22-12-10-20/h3-6,14,18H,7-13H2,1-2H3,(H,19,21). The minimum Gasteiger partial charge on any atom is -0.383 e. The number of benzene rings is 1. The SMILES string of the molecule is CC(C)CNC(=O)CCNc1ccccc1N1CCOCC1. The first-order valence-corrected chi connectivity index (χ1v) is 8.09. The van der Waals surface area contributed by atoms with Crippen molar-refractivity contribution >= 4 is 17.3 Å². The van der Waals surface area contributed by atoms with Crippen molar-refractivity contribution in [1.82, 2.24) is 5.32 Å². The van der Waals surface area contributed by atoms with E-state index in [2.05, 4.69) is 41.5 Å². The average molecular weight is 305 g/mol. The zero-order valence-electron chi connectivity index (χ0n) is 13.6. The number of nitrogens with zero attached hydrogens (tertiary/aromatic N) is 1. The van der Waals surface area contributed by atoms with E-state index in [1.807, 2.05) is 12.1 Å². The van der Waals surface area contributed by atoms with Crippen LogP contribution in [0, 0.1) is 5.92 Å². The quantitative estimate of drug-likeness (QED) is 0.810. The zero-order valence-corrected chi connectivity index (χ0v) is 13.6. The maximum Gasteiger partial charge on any atom is 0.221 e. The van der Waals surface area contributed by atoms with Gasteiger partial charge in [0.1, 0.15) is 0 Å². The molecule has 1 amide bonds. The second-order valence-corrected chi connectivity index (χ2v) is 5.99. The first kappa shape index (κ1) is 16.6. The lowest BCUT2D eigenvalue weighted by atomic mass is 10.2. The highest BCUT2D eigenvalue weighted by atomic mass is 16.5. The number of carbonyl (C=O) groups excluding carboxylic acids is 1. The van der Waals surface area contributed by atoms with Crippen LogP contribution in [-0.2, 0) is 9.53 Å². The largest absolute Gasteiger partial charge is 0.383 e. The Hall–Kier alpha value is -1.75. The van der Waals surface area contributed by atoms with Crippen LogP contribution in [0.1, 0.15) is 20.3 Å². The molecule has 122 valence electrons. The molecule has 1 saturated heterocycles. The fourth-order valence-electron chi connectivity index (χ4n) is 2.42. The van der Waals surface area contributed by atoms with E-state index in [1.54, 1.807) is 0 Å². The van der Waals surface area contributed by atoms with E-state index in [-0.39, 0.29) is 5.91 Å². The van der Waals surface area contributed by atoms with Crippen LogP contribution in [0.15, 0.2) is 24.3 Å². The van der Waals surface area contributed by atoms with Crippen LogP contribution in [-0.4, -0.2) is 45.3 Å². The summed E-state index contributed by atoms with van der Waals surface area (Å²) in [5.41, 5.74) is 2.27. The van der Waals surface area contributed by atoms with Crippen molar-refractivity contribution in [2.45, 2.75) is 20.3 Å². The molecule has 0 aromatic heterocycles. The first-order chi connectivity index (χ1) is 10.7. The number of hydrogen-bond acceptors (Lipinski definition) is 4. The topological polar surface area (TPSA) is 53.6 Å². The van der Waals surface area contributed by atoms with Gasteiger partial charge in [-0.2, -0.15) is 0 Å². The summed E-state index contributed by atoms with van der Waals surface area (Å²) in [6, 6.07) is 8.25. The van der Waals surface area contributed by atoms with E-state index in [0.29, 0.717) is 18.9 Å². The van der Waals surface area contributed by atoms with Crippen molar-refractivity contribution in [3.63, 3.8) is 0 Å². The van der Waals surface area contributed by atoms with Crippen LogP contribution in [0.4, 0.5) is 11.4 Å². The fourth-order valence-corrected chi connectivity index (χ4v) is 2.42. The highest BCUT2D eigenvalue weighted by Crippen LogP contribution is 2.26. The fraction of sp³-hybridized carbons (Fsp3) is 0.588. The van der Waals surface area contributed by atoms with Crippen molar-refractivity contribution in [3.8, 4) is 0 Å². The Morgan fingerprint density at radius 2 is 2.00 bits per heavy atom. The van der Waals surface area contributed by atoms with Crippen molar-refractivity contribution < 1.29 is 9.53 Å². The van der Waals surface area contributed by atoms with E-state index in [4.69, 9.17) is 4.74 Å². The average Bonchev–Trinajstić information content (AvgIpc) is 2.54. The molecule has 5 nitrogen and oxygen atoms in total. The van der Waals surface area contributed by atoms with Gasteiger partial charge in [-0.1, -0.05) is 26.0 Å². The Bertz CT molecular complexity index is 471. The van der Waals surface area contributed by atoms with Gasteiger partial charge in [-0.15, -0.1) is 0 Å². The second-order valence-electron chi connectivity index (χ2n) is 5.99. The summed E-state index contributed by atoms with van der Waals surface area (Å²) >= 11 is 0. The molecule has 0 atom stereocenters. The van der Waals surface area contributed by atoms with Gasteiger partial charge in [0, 0.05) is 32.6 Å². The van der Waals surface area contributed by atoms with E-state index in [9.17, 15) is 4.79 Å². The predicted molar refractivity (Wildman–Crippen MR) is 90.4 cm³/mol. The number of carbonyl (C=O) groups is 1. The van der Waals surface area contributed by atoms with Gasteiger partial charge in [0.05, 0.1) is 24.6 Å². The van der Waals surface area contributed by atoms with Gasteiger partial charge in [-0.3, -0.25) is 4.79 Å². The third-order valence-electron chi connectivity index (χ3n) is 3.63. The molecule has 1 heterocycles. The number of anilines is 2. The molecule has 0 bridgehead atoms. The number of nitrogens with one attached hydrogen (secondary N) is 2. The third kappa shape index (κ3) is 5.22. The molecule has 1 aliphatic rings. The molecule has 1 aromatic carbocycles. The molecule has 2 N–H and O–H groups in total. The summed E-state index contributed by atoms with van der Waals surface area (Å²) in [5.74, 6) is 0.587. The number of morpholine rings is 1. The Morgan fingerprint density at radius 1 is 1.27 bits per heavy atom. The van der Waals surface area contributed by atoms with Crippen LogP contribution in [0.25, 0.3) is 0 Å². The van der Waals surface area contributed by atoms with Crippen LogP contribution in [0.2, 0.25) is 0 Å². The predicted octanol–water partition coefficient (Wildman–Crippen LogP) is 2.10. The number of amides is 1. The van der Waals surface area contributed by atoms with Crippen LogP contribution in [0.5, 0.6) is 0 Å². The van der Waals surface area contributed by atoms with Gasteiger partial charge in [0.2, 0.25) is 5.91 Å². The molecule has 22 heavy (non-hydrogen) atoms. The smallest absolute Gasteiger partial charge is 0.221 e. The lowest BCUT2D eigenvalue weighted by Crippen LogP contribution is -2.36. The van der Waals surface area contributed by atoms with Crippen LogP contribution < -0.4 is 15.5 Å². The summed E-state index contributed by atoms with van der Waals surface area (Å²) in [6.45, 7) is 8.93. The van der Waals surface area contributed by atoms with Crippen molar-refractivity contribution in [3.05, 3.63) is 24.3 Å². The molecule has 0 saturated carbocycles. The van der Waals surface area contributed by atoms with Gasteiger partial charge >= 0.3 is 0 Å². The van der Waals surface area contributed by atoms with Gasteiger partial charge in [0.25, 0.3) is 0 Å². The number of hydrogen-bond donors (Lipinski definition) is 2. The molecule has 0 radical (unpaired) electrons. The Balaban J connectivity index is 1.83. The maximum absolute atomic E-state index is 11.7. The summed E-state index contributed by atoms with van der Waals surface area (Å²) in [6.07, 6.45) is 0.490. The third-order valence-corrected chi connectivity index (χ3v) is 3.63. The molecule has 5 heteroatoms. The summed E-state index contributed by atoms with van der Waals surface area (Å²) < 4.78 is 5.40. The first-order valence-electron chi connectivity index (χ1n) is 8.09. The van der Waals surface area contributed by atoms with Gasteiger partial charge in [-0.05, 0) is 18.1 Å². The second kappa shape index (κ2) is 8.63. The highest BCUT2D eigenvalue weighted by molar-refractivity contribution is 5.77. The van der Waals surface area contributed by atoms with E-state index >= 15 is 0 Å². The normalized spacial score (nSPS) is 15.0. The number of rotatable bonds is 7. The molecule has 1 aliphatic heterocycles. The van der Waals surface area contributed by atoms with E-state index in [0.717, 1.165) is 38.5 Å². The van der Waals surface area contributed by atoms with Crippen molar-refractivity contribution in [2.75, 3.05) is 49.6 Å². The number of para-hydroxylation sites is 2. The molecule has 1 fully saturated rings. The summed E-state index contributed by atoms with van der Waals surface area (Å²) in [5, 5.41) is 6.33. The zero-order chi connectivity index (χ0) is 15.8. The van der Waals surface area contributed by atoms with Crippen LogP contribution >= 0.6 is 0 Å². The molecule has 0 unspecified atom stereocenters. The highest BCUT2D eigenvalue weighted by Gasteiger charge is 2.14. The molecule has 1 aromatic rings. The van der Waals surface area contributed by atoms with Crippen LogP contribution in [0.3, 0.4) is 0 Å². The minimum atomic E-state index is 0.102. The van der Waals surface area contributed by atoms with E-state index < -0.39 is 0 Å². The van der Waals surface area contributed by atoms with E-state index in [1.165, 1.54) is 5.69 Å². The monoisotopic (exact) mass is 305 g/mol. The molecule has 2 rings (SSSR count). The summed E-state index contributed by atoms with van der Waals surface area (Å²) in [4.78, 5) is 14.1. The lowest BCUT2D eigenvalue weighted by molar-refractivity contribution is -0.120. The Kier molecular flexibility index (Phi) is 6.52. The molecule has 0 spiro atoms. The van der Waals surface area contributed by atoms with Crippen molar-refractivity contribution in [1.29, 1.82) is 0 Å². The van der Waals surface area contributed by atoms with Crippen molar-refractivity contribution in [2.24, 2.45) is 5.92 Å². The van der Waals surface area contributed by atoms with Gasteiger partial charge in [0.15, 0.2) is 0 Å². The van der Waals surface area contributed by atoms with Gasteiger partial charge in [-0.25, -0.2) is 0 Å². The molecule has 0 aliphatic carbocycles. The number of ether oxygens (including phenoxy) is 1. The summed E-state index contributed by atoms with van der Waals surface area (Å²) in [7, 11) is 0. The molecular weight excluding hydrogens is 278 g/mol. The maximum atomic E-state index is 11.7.